The van der Waals surface area contributed by atoms with Gasteiger partial charge in [0.1, 0.15) is 6.04 Å². The summed E-state index contributed by atoms with van der Waals surface area (Å²) >= 11 is 0. The number of amides is 1. The molecule has 1 aromatic rings. The number of nitrogens with one attached hydrogen (secondary N) is 1. The molecule has 1 atom stereocenters. The van der Waals surface area contributed by atoms with E-state index in [0.717, 1.165) is 12.8 Å². The predicted octanol–water partition coefficient (Wildman–Crippen LogP) is 1.53. The summed E-state index contributed by atoms with van der Waals surface area (Å²) in [5, 5.41) is 2.69. The second kappa shape index (κ2) is 6.87. The number of carbonyl (C=O) groups excluding carboxylic acids is 1. The fourth-order valence-corrected chi connectivity index (χ4v) is 4.15. The molecule has 114 valence electrons. The minimum Gasteiger partial charge on any atom is -0.351 e. The summed E-state index contributed by atoms with van der Waals surface area (Å²) in [7, 11) is -3.63. The Hall–Kier alpha value is -1.66. The number of nitrogens with zero attached hydrogens (tertiary/aromatic N) is 1. The molecule has 0 bridgehead atoms. The maximum atomic E-state index is 12.7. The third-order valence-corrected chi connectivity index (χ3v) is 5.45. The van der Waals surface area contributed by atoms with Crippen molar-refractivity contribution in [2.24, 2.45) is 0 Å². The molecule has 1 unspecified atom stereocenters. The maximum Gasteiger partial charge on any atom is 0.243 e. The Morgan fingerprint density at radius 2 is 2.05 bits per heavy atom. The average molecular weight is 308 g/mol. The molecule has 1 fully saturated rings. The summed E-state index contributed by atoms with van der Waals surface area (Å²) in [6.45, 7) is 4.27. The van der Waals surface area contributed by atoms with Crippen molar-refractivity contribution in [3.05, 3.63) is 43.0 Å². The normalized spacial score (nSPS) is 19.9. The zero-order chi connectivity index (χ0) is 15.3. The number of rotatable bonds is 5. The Bertz CT molecular complexity index is 599. The minimum atomic E-state index is -3.63. The largest absolute Gasteiger partial charge is 0.351 e. The van der Waals surface area contributed by atoms with Crippen LogP contribution in [0.25, 0.3) is 0 Å². The fourth-order valence-electron chi connectivity index (χ4n) is 2.47. The molecule has 0 saturated carbocycles. The fraction of sp³-hybridized carbons (Fsp3) is 0.400. The van der Waals surface area contributed by atoms with Crippen LogP contribution in [0, 0.1) is 0 Å². The van der Waals surface area contributed by atoms with Crippen LogP contribution < -0.4 is 5.32 Å². The van der Waals surface area contributed by atoms with Crippen LogP contribution in [0.2, 0.25) is 0 Å². The van der Waals surface area contributed by atoms with E-state index in [1.807, 2.05) is 0 Å². The zero-order valence-electron chi connectivity index (χ0n) is 11.9. The lowest BCUT2D eigenvalue weighted by molar-refractivity contribution is -0.125. The molecule has 1 amide bonds. The highest BCUT2D eigenvalue weighted by Crippen LogP contribution is 2.25. The molecule has 21 heavy (non-hydrogen) atoms. The molecule has 1 aliphatic rings. The average Bonchev–Trinajstić information content (AvgIpc) is 2.53. The second-order valence-electron chi connectivity index (χ2n) is 4.97. The summed E-state index contributed by atoms with van der Waals surface area (Å²) in [6.07, 6.45) is 3.76. The van der Waals surface area contributed by atoms with Crippen molar-refractivity contribution < 1.29 is 13.2 Å². The van der Waals surface area contributed by atoms with Gasteiger partial charge in [0.25, 0.3) is 0 Å². The van der Waals surface area contributed by atoms with Crippen molar-refractivity contribution in [2.45, 2.75) is 30.2 Å². The van der Waals surface area contributed by atoms with Crippen LogP contribution in [-0.4, -0.2) is 37.8 Å². The highest BCUT2D eigenvalue weighted by molar-refractivity contribution is 7.89. The minimum absolute atomic E-state index is 0.230. The quantitative estimate of drug-likeness (QED) is 0.839. The van der Waals surface area contributed by atoms with Gasteiger partial charge in [-0.15, -0.1) is 6.58 Å². The summed E-state index contributed by atoms with van der Waals surface area (Å²) in [4.78, 5) is 12.4. The molecular formula is C15H20N2O3S. The number of benzene rings is 1. The predicted molar refractivity (Wildman–Crippen MR) is 81.2 cm³/mol. The van der Waals surface area contributed by atoms with Crippen molar-refractivity contribution in [3.63, 3.8) is 0 Å². The summed E-state index contributed by atoms with van der Waals surface area (Å²) < 4.78 is 26.7. The standard InChI is InChI=1S/C15H20N2O3S/c1-2-11-16-15(18)14-10-6-7-12-17(14)21(19,20)13-8-4-3-5-9-13/h2-5,8-9,14H,1,6-7,10-12H2,(H,16,18). The second-order valence-corrected chi connectivity index (χ2v) is 6.86. The van der Waals surface area contributed by atoms with Crippen molar-refractivity contribution in [1.82, 2.24) is 9.62 Å². The van der Waals surface area contributed by atoms with E-state index >= 15 is 0 Å². The first-order valence-corrected chi connectivity index (χ1v) is 8.47. The molecule has 1 aliphatic heterocycles. The van der Waals surface area contributed by atoms with Crippen LogP contribution in [0.4, 0.5) is 0 Å². The van der Waals surface area contributed by atoms with E-state index in [0.29, 0.717) is 19.5 Å². The van der Waals surface area contributed by atoms with Gasteiger partial charge in [0.05, 0.1) is 4.90 Å². The molecule has 1 saturated heterocycles. The van der Waals surface area contributed by atoms with Gasteiger partial charge in [-0.3, -0.25) is 4.79 Å². The molecule has 2 rings (SSSR count). The lowest BCUT2D eigenvalue weighted by atomic mass is 10.0. The first-order chi connectivity index (χ1) is 10.1. The topological polar surface area (TPSA) is 66.5 Å². The van der Waals surface area contributed by atoms with Gasteiger partial charge in [-0.25, -0.2) is 8.42 Å². The smallest absolute Gasteiger partial charge is 0.243 e. The SMILES string of the molecule is C=CCNC(=O)C1CCCCN1S(=O)(=O)c1ccccc1. The van der Waals surface area contributed by atoms with E-state index in [4.69, 9.17) is 0 Å². The summed E-state index contributed by atoms with van der Waals surface area (Å²) in [6, 6.07) is 7.62. The van der Waals surface area contributed by atoms with E-state index in [2.05, 4.69) is 11.9 Å². The van der Waals surface area contributed by atoms with E-state index in [1.165, 1.54) is 4.31 Å². The first-order valence-electron chi connectivity index (χ1n) is 7.03. The van der Waals surface area contributed by atoms with Crippen molar-refractivity contribution >= 4 is 15.9 Å². The van der Waals surface area contributed by atoms with Gasteiger partial charge in [0.15, 0.2) is 0 Å². The van der Waals surface area contributed by atoms with Crippen LogP contribution in [0.1, 0.15) is 19.3 Å². The summed E-state index contributed by atoms with van der Waals surface area (Å²) in [5.41, 5.74) is 0. The van der Waals surface area contributed by atoms with Gasteiger partial charge in [0.2, 0.25) is 15.9 Å². The Kier molecular flexibility index (Phi) is 5.14. The first kappa shape index (κ1) is 15.7. The zero-order valence-corrected chi connectivity index (χ0v) is 12.7. The molecular weight excluding hydrogens is 288 g/mol. The van der Waals surface area contributed by atoms with Gasteiger partial charge in [0, 0.05) is 13.1 Å². The molecule has 6 heteroatoms. The molecule has 1 heterocycles. The third-order valence-electron chi connectivity index (χ3n) is 3.53. The molecule has 0 aliphatic carbocycles. The number of hydrogen-bond acceptors (Lipinski definition) is 3. The van der Waals surface area contributed by atoms with Crippen LogP contribution in [-0.2, 0) is 14.8 Å². The lowest BCUT2D eigenvalue weighted by Gasteiger charge is -2.33. The summed E-state index contributed by atoms with van der Waals surface area (Å²) in [5.74, 6) is -0.255. The van der Waals surface area contributed by atoms with Gasteiger partial charge in [-0.1, -0.05) is 30.7 Å². The van der Waals surface area contributed by atoms with Crippen LogP contribution in [0.5, 0.6) is 0 Å². The highest BCUT2D eigenvalue weighted by Gasteiger charge is 2.37. The van der Waals surface area contributed by atoms with Crippen LogP contribution in [0.3, 0.4) is 0 Å². The maximum absolute atomic E-state index is 12.7. The van der Waals surface area contributed by atoms with Gasteiger partial charge in [-0.05, 0) is 25.0 Å². The van der Waals surface area contributed by atoms with Crippen LogP contribution >= 0.6 is 0 Å². The molecule has 5 nitrogen and oxygen atoms in total. The Morgan fingerprint density at radius 1 is 1.33 bits per heavy atom. The van der Waals surface area contributed by atoms with E-state index in [1.54, 1.807) is 36.4 Å². The molecule has 1 aromatic carbocycles. The Morgan fingerprint density at radius 3 is 2.71 bits per heavy atom. The number of piperidine rings is 1. The molecule has 0 radical (unpaired) electrons. The molecule has 1 N–H and O–H groups in total. The van der Waals surface area contributed by atoms with E-state index < -0.39 is 16.1 Å². The highest BCUT2D eigenvalue weighted by atomic mass is 32.2. The Balaban J connectivity index is 2.26. The van der Waals surface area contributed by atoms with E-state index in [-0.39, 0.29) is 10.8 Å². The van der Waals surface area contributed by atoms with Gasteiger partial charge < -0.3 is 5.32 Å². The Labute approximate surface area is 125 Å². The lowest BCUT2D eigenvalue weighted by Crippen LogP contribution is -2.51. The molecule has 0 spiro atoms. The van der Waals surface area contributed by atoms with E-state index in [9.17, 15) is 13.2 Å². The van der Waals surface area contributed by atoms with Crippen molar-refractivity contribution in [3.8, 4) is 0 Å². The number of carbonyl (C=O) groups is 1. The number of sulfonamides is 1. The monoisotopic (exact) mass is 308 g/mol. The van der Waals surface area contributed by atoms with Gasteiger partial charge in [-0.2, -0.15) is 4.31 Å². The van der Waals surface area contributed by atoms with Gasteiger partial charge >= 0.3 is 0 Å². The van der Waals surface area contributed by atoms with Crippen molar-refractivity contribution in [1.29, 1.82) is 0 Å². The van der Waals surface area contributed by atoms with Crippen LogP contribution in [0.15, 0.2) is 47.9 Å². The van der Waals surface area contributed by atoms with Crippen molar-refractivity contribution in [2.75, 3.05) is 13.1 Å². The number of hydrogen-bond donors (Lipinski definition) is 1. The molecule has 0 aromatic heterocycles. The third kappa shape index (κ3) is 3.51.